The molecule has 0 saturated carbocycles. The van der Waals surface area contributed by atoms with Gasteiger partial charge in [0.1, 0.15) is 23.1 Å². The molecule has 72 heavy (non-hydrogen) atoms. The van der Waals surface area contributed by atoms with Crippen LogP contribution >= 0.6 is 15.8 Å². The fraction of sp³-hybridized carbons (Fsp3) is 0.0909. The van der Waals surface area contributed by atoms with Crippen molar-refractivity contribution in [1.82, 2.24) is 18.7 Å². The van der Waals surface area contributed by atoms with Gasteiger partial charge in [-0.15, -0.1) is 0 Å². The van der Waals surface area contributed by atoms with Crippen molar-refractivity contribution in [1.29, 1.82) is 0 Å². The van der Waals surface area contributed by atoms with Crippen LogP contribution in [0.25, 0.3) is 21.5 Å². The molecule has 0 fully saturated rings. The number of carboxylic acids is 3. The maximum absolute atomic E-state index is 15.4. The van der Waals surface area contributed by atoms with Crippen LogP contribution in [0.1, 0.15) is 93.7 Å². The Bertz CT molecular complexity index is 3590. The van der Waals surface area contributed by atoms with Gasteiger partial charge in [-0.1, -0.05) is 127 Å². The summed E-state index contributed by atoms with van der Waals surface area (Å²) in [7, 11) is -4.62. The Morgan fingerprint density at radius 3 is 0.833 bits per heavy atom. The molecule has 2 aliphatic rings. The lowest BCUT2D eigenvalue weighted by atomic mass is 10.0. The number of fused-ring (bicyclic) bond motifs is 4. The van der Waals surface area contributed by atoms with E-state index in [0.717, 1.165) is 0 Å². The normalized spacial score (nSPS) is 19.0. The van der Waals surface area contributed by atoms with E-state index in [2.05, 4.69) is 0 Å². The Kier molecular flexibility index (Phi) is 11.2. The first-order valence-corrected chi connectivity index (χ1v) is 25.5. The number of hydrogen-bond acceptors (Lipinski definition) is 8. The number of ketones is 1. The molecule has 0 saturated heterocycles. The van der Waals surface area contributed by atoms with E-state index in [-0.39, 0.29) is 66.3 Å². The molecule has 0 aliphatic carbocycles. The van der Waals surface area contributed by atoms with Crippen LogP contribution in [0, 0.1) is 0 Å². The van der Waals surface area contributed by atoms with Gasteiger partial charge in [0.25, 0.3) is 22.2 Å². The van der Waals surface area contributed by atoms with Crippen LogP contribution in [0.2, 0.25) is 0 Å². The number of aromatic carboxylic acids is 3. The number of carbonyl (C=O) groups excluding carboxylic acids is 1. The third-order valence-corrected chi connectivity index (χ3v) is 19.7. The minimum atomic E-state index is -2.34. The summed E-state index contributed by atoms with van der Waals surface area (Å²) in [4.78, 5) is 115. The molecule has 5 unspecified atom stereocenters. The Hall–Kier alpha value is -8.64. The third kappa shape index (κ3) is 6.87. The smallest absolute Gasteiger partial charge is 0.336 e. The number of nitrogens with zero attached hydrogens (tertiary/aromatic N) is 4. The minimum Gasteiger partial charge on any atom is -0.478 e. The van der Waals surface area contributed by atoms with E-state index in [1.165, 1.54) is 80.2 Å². The van der Waals surface area contributed by atoms with Gasteiger partial charge in [-0.2, -0.15) is 0 Å². The number of carbonyl (C=O) groups is 4. The van der Waals surface area contributed by atoms with Crippen LogP contribution in [-0.4, -0.2) is 57.7 Å². The lowest BCUT2D eigenvalue weighted by molar-refractivity contribution is 0.0684. The molecule has 0 amide bonds. The highest BCUT2D eigenvalue weighted by atomic mass is 31.1. The van der Waals surface area contributed by atoms with Crippen LogP contribution < -0.4 is 32.8 Å². The van der Waals surface area contributed by atoms with Crippen LogP contribution in [0.3, 0.4) is 0 Å². The van der Waals surface area contributed by atoms with Gasteiger partial charge in [-0.25, -0.2) is 33.1 Å². The first kappa shape index (κ1) is 45.8. The molecular formula is C55H38N4O11P2. The maximum Gasteiger partial charge on any atom is 0.336 e. The van der Waals surface area contributed by atoms with E-state index in [4.69, 9.17) is 0 Å². The molecule has 3 N–H and O–H groups in total. The second-order valence-electron chi connectivity index (χ2n) is 17.3. The molecule has 0 radical (unpaired) electrons. The van der Waals surface area contributed by atoms with Gasteiger partial charge < -0.3 is 15.3 Å². The topological polar surface area (TPSA) is 217 Å². The standard InChI is InChI=1S/C55H38N4O11P2/c1-30(60)31-16-2-7-21-36(31)49-56-45(61)32-17-3-4-18-33(32)46(62)57(56)50(37-22-8-11-25-40(37)53(65)66)71(49)43-28-14-15-29-44(43)72-51(38-23-9-12-26-41(38)54(67)68)58-47(63)34-19-5-6-20-35(34)48(64)59(58)52(72)39-24-10-13-27-42(39)55(69)70/h2-29,49-52H,1H3,(H,65,66)(H,67,68)(H,69,70). The van der Waals surface area contributed by atoms with Crippen molar-refractivity contribution in [3.05, 3.63) is 256 Å². The SMILES string of the molecule is CC(=O)c1ccccc1C1n2c(=O)c3ccccc3c(=O)n2C(c2ccccc2C(=O)O)P1c1ccccc1P1C(c2ccccc2C(=O)O)n2c(=O)c3ccccc3c(=O)n2C1c1ccccc1C(=O)O. The third-order valence-electron chi connectivity index (χ3n) is 13.5. The van der Waals surface area contributed by atoms with E-state index < -0.39 is 79.1 Å². The molecule has 11 rings (SSSR count). The van der Waals surface area contributed by atoms with Crippen molar-refractivity contribution in [2.24, 2.45) is 0 Å². The lowest BCUT2D eigenvalue weighted by Gasteiger charge is -2.33. The predicted molar refractivity (Wildman–Crippen MR) is 274 cm³/mol. The molecule has 0 spiro atoms. The van der Waals surface area contributed by atoms with Crippen molar-refractivity contribution in [2.45, 2.75) is 30.1 Å². The summed E-state index contributed by atoms with van der Waals surface area (Å²) in [6, 6.07) is 44.5. The van der Waals surface area contributed by atoms with Crippen molar-refractivity contribution in [2.75, 3.05) is 0 Å². The maximum atomic E-state index is 15.4. The largest absolute Gasteiger partial charge is 0.478 e. The summed E-state index contributed by atoms with van der Waals surface area (Å²) in [5.74, 6) is -9.38. The van der Waals surface area contributed by atoms with Crippen molar-refractivity contribution in [3.8, 4) is 0 Å². The Morgan fingerprint density at radius 2 is 0.569 bits per heavy atom. The predicted octanol–water partition coefficient (Wildman–Crippen LogP) is 7.77. The summed E-state index contributed by atoms with van der Waals surface area (Å²) in [6.07, 6.45) is 0. The number of hydrogen-bond donors (Lipinski definition) is 3. The summed E-state index contributed by atoms with van der Waals surface area (Å²) < 4.78 is 5.11. The minimum absolute atomic E-state index is 0.0413. The van der Waals surface area contributed by atoms with E-state index in [9.17, 15) is 34.5 Å². The first-order chi connectivity index (χ1) is 34.8. The molecule has 17 heteroatoms. The summed E-state index contributed by atoms with van der Waals surface area (Å²) >= 11 is 0. The molecular weight excluding hydrogens is 955 g/mol. The van der Waals surface area contributed by atoms with Gasteiger partial charge in [0, 0.05) is 5.56 Å². The molecule has 0 bridgehead atoms. The van der Waals surface area contributed by atoms with Crippen LogP contribution in [0.15, 0.2) is 189 Å². The highest BCUT2D eigenvalue weighted by Gasteiger charge is 2.52. The zero-order valence-corrected chi connectivity index (χ0v) is 39.6. The van der Waals surface area contributed by atoms with Crippen LogP contribution in [0.4, 0.5) is 0 Å². The summed E-state index contributed by atoms with van der Waals surface area (Å²) in [6.45, 7) is 1.38. The van der Waals surface area contributed by atoms with Crippen LogP contribution in [0.5, 0.6) is 0 Å². The highest BCUT2D eigenvalue weighted by Crippen LogP contribution is 2.70. The molecule has 9 aromatic rings. The average Bonchev–Trinajstić information content (AvgIpc) is 3.94. The Morgan fingerprint density at radius 1 is 0.347 bits per heavy atom. The summed E-state index contributed by atoms with van der Waals surface area (Å²) in [5, 5.41) is 33.8. The average molecular weight is 993 g/mol. The quantitative estimate of drug-likeness (QED) is 0.0889. The van der Waals surface area contributed by atoms with Crippen molar-refractivity contribution in [3.63, 3.8) is 0 Å². The highest BCUT2D eigenvalue weighted by molar-refractivity contribution is 7.72. The number of aromatic nitrogens is 4. The van der Waals surface area contributed by atoms with Gasteiger partial charge in [-0.05, 0) is 98.1 Å². The zero-order chi connectivity index (χ0) is 50.3. The molecule has 354 valence electrons. The monoisotopic (exact) mass is 992 g/mol. The van der Waals surface area contributed by atoms with E-state index >= 15 is 19.2 Å². The van der Waals surface area contributed by atoms with E-state index in [1.807, 2.05) is 0 Å². The van der Waals surface area contributed by atoms with E-state index in [1.54, 1.807) is 115 Å². The van der Waals surface area contributed by atoms with Crippen LogP contribution in [-0.2, 0) is 0 Å². The molecule has 7 aromatic carbocycles. The zero-order valence-electron chi connectivity index (χ0n) is 37.8. The first-order valence-electron chi connectivity index (χ1n) is 22.6. The molecule has 2 aliphatic heterocycles. The van der Waals surface area contributed by atoms with Gasteiger partial charge in [0.2, 0.25) is 0 Å². The number of rotatable bonds is 10. The fourth-order valence-electron chi connectivity index (χ4n) is 10.6. The van der Waals surface area contributed by atoms with Gasteiger partial charge in [0.15, 0.2) is 5.78 Å². The number of carboxylic acid groups (broad SMARTS) is 3. The van der Waals surface area contributed by atoms with Gasteiger partial charge >= 0.3 is 17.9 Å². The van der Waals surface area contributed by atoms with Gasteiger partial charge in [0.05, 0.1) is 38.2 Å². The Balaban J connectivity index is 1.33. The molecule has 2 aromatic heterocycles. The molecule has 4 heterocycles. The second kappa shape index (κ2) is 17.6. The lowest BCUT2D eigenvalue weighted by Crippen LogP contribution is -2.37. The molecule has 15 nitrogen and oxygen atoms in total. The molecule has 5 atom stereocenters. The van der Waals surface area contributed by atoms with Crippen molar-refractivity contribution >= 4 is 71.7 Å². The number of Topliss-reactive ketones (excluding diaryl/α,β-unsaturated/α-hetero) is 1. The van der Waals surface area contributed by atoms with Gasteiger partial charge in [-0.3, -0.25) is 24.0 Å². The second-order valence-corrected chi connectivity index (χ2v) is 21.9. The van der Waals surface area contributed by atoms with E-state index in [0.29, 0.717) is 16.2 Å². The fourth-order valence-corrected chi connectivity index (χ4v) is 18.0. The number of benzene rings is 7. The Labute approximate surface area is 409 Å². The summed E-state index contributed by atoms with van der Waals surface area (Å²) in [5.41, 5.74) is -2.04. The van der Waals surface area contributed by atoms with Crippen molar-refractivity contribution < 1.29 is 34.5 Å².